The number of nitrogens with zero attached hydrogens (tertiary/aromatic N) is 1. The zero-order chi connectivity index (χ0) is 12.8. The summed E-state index contributed by atoms with van der Waals surface area (Å²) in [4.78, 5) is 14.6. The molecule has 4 heteroatoms. The zero-order valence-electron chi connectivity index (χ0n) is 11.2. The molecule has 1 amide bonds. The van der Waals surface area contributed by atoms with E-state index in [1.165, 1.54) is 25.7 Å². The van der Waals surface area contributed by atoms with Crippen molar-refractivity contribution in [2.75, 3.05) is 19.7 Å². The van der Waals surface area contributed by atoms with Crippen molar-refractivity contribution in [3.8, 4) is 0 Å². The number of hydrogen-bond donors (Lipinski definition) is 2. The molecule has 1 heterocycles. The third kappa shape index (κ3) is 3.45. The molecule has 0 aromatic rings. The summed E-state index contributed by atoms with van der Waals surface area (Å²) in [6, 6.07) is 0.279. The lowest BCUT2D eigenvalue weighted by Crippen LogP contribution is -2.48. The molecule has 2 rings (SSSR count). The molecule has 0 aromatic heterocycles. The second-order valence-corrected chi connectivity index (χ2v) is 5.55. The van der Waals surface area contributed by atoms with Crippen LogP contribution in [0, 0.1) is 0 Å². The largest absolute Gasteiger partial charge is 0.396 e. The van der Waals surface area contributed by atoms with Crippen LogP contribution < -0.4 is 5.32 Å². The molecule has 1 aliphatic carbocycles. The molecule has 18 heavy (non-hydrogen) atoms. The van der Waals surface area contributed by atoms with Crippen LogP contribution in [0.3, 0.4) is 0 Å². The van der Waals surface area contributed by atoms with Crippen LogP contribution in [0.4, 0.5) is 0 Å². The molecule has 0 spiro atoms. The maximum atomic E-state index is 12.5. The van der Waals surface area contributed by atoms with E-state index in [9.17, 15) is 4.79 Å². The van der Waals surface area contributed by atoms with Crippen LogP contribution in [0.1, 0.15) is 51.4 Å². The lowest BCUT2D eigenvalue weighted by atomic mass is 10.1. The van der Waals surface area contributed by atoms with Gasteiger partial charge in [0.05, 0.1) is 6.04 Å². The molecule has 1 saturated heterocycles. The van der Waals surface area contributed by atoms with E-state index in [0.717, 1.165) is 32.4 Å². The molecule has 0 aromatic carbocycles. The van der Waals surface area contributed by atoms with Crippen molar-refractivity contribution in [2.45, 2.75) is 63.5 Å². The third-order valence-electron chi connectivity index (χ3n) is 4.23. The quantitative estimate of drug-likeness (QED) is 0.746. The molecule has 4 nitrogen and oxygen atoms in total. The monoisotopic (exact) mass is 254 g/mol. The zero-order valence-corrected chi connectivity index (χ0v) is 11.2. The van der Waals surface area contributed by atoms with Gasteiger partial charge in [0.2, 0.25) is 5.91 Å². The van der Waals surface area contributed by atoms with E-state index in [1.807, 2.05) is 0 Å². The Labute approximate surface area is 110 Å². The first-order chi connectivity index (χ1) is 8.83. The summed E-state index contributed by atoms with van der Waals surface area (Å²) >= 11 is 0. The summed E-state index contributed by atoms with van der Waals surface area (Å²) in [5.41, 5.74) is 0. The van der Waals surface area contributed by atoms with Crippen molar-refractivity contribution >= 4 is 5.91 Å². The van der Waals surface area contributed by atoms with Crippen LogP contribution >= 0.6 is 0 Å². The van der Waals surface area contributed by atoms with Crippen LogP contribution in [0.15, 0.2) is 0 Å². The van der Waals surface area contributed by atoms with E-state index < -0.39 is 0 Å². The fourth-order valence-corrected chi connectivity index (χ4v) is 3.21. The number of rotatable bonds is 3. The summed E-state index contributed by atoms with van der Waals surface area (Å²) in [6.45, 7) is 1.86. The molecule has 2 aliphatic rings. The van der Waals surface area contributed by atoms with Gasteiger partial charge in [0.1, 0.15) is 0 Å². The Bertz CT molecular complexity index is 263. The van der Waals surface area contributed by atoms with Gasteiger partial charge < -0.3 is 15.3 Å². The Hall–Kier alpha value is -0.610. The molecule has 104 valence electrons. The highest BCUT2D eigenvalue weighted by atomic mass is 16.3. The number of carbonyl (C=O) groups is 1. The summed E-state index contributed by atoms with van der Waals surface area (Å²) in [5, 5.41) is 12.3. The van der Waals surface area contributed by atoms with Crippen LogP contribution in [0.2, 0.25) is 0 Å². The van der Waals surface area contributed by atoms with E-state index in [-0.39, 0.29) is 18.6 Å². The first-order valence-corrected chi connectivity index (χ1v) is 7.47. The fourth-order valence-electron chi connectivity index (χ4n) is 3.21. The van der Waals surface area contributed by atoms with Crippen molar-refractivity contribution in [1.82, 2.24) is 10.2 Å². The molecule has 1 saturated carbocycles. The predicted molar refractivity (Wildman–Crippen MR) is 71.3 cm³/mol. The number of aliphatic hydroxyl groups is 1. The fraction of sp³-hybridized carbons (Fsp3) is 0.929. The van der Waals surface area contributed by atoms with Gasteiger partial charge in [-0.2, -0.15) is 0 Å². The summed E-state index contributed by atoms with van der Waals surface area (Å²) in [5.74, 6) is 0.216. The lowest BCUT2D eigenvalue weighted by Gasteiger charge is -2.32. The maximum Gasteiger partial charge on any atom is 0.240 e. The summed E-state index contributed by atoms with van der Waals surface area (Å²) in [6.07, 6.45) is 9.05. The second kappa shape index (κ2) is 7.10. The van der Waals surface area contributed by atoms with Crippen molar-refractivity contribution in [2.24, 2.45) is 0 Å². The van der Waals surface area contributed by atoms with E-state index in [4.69, 9.17) is 5.11 Å². The normalized spacial score (nSPS) is 27.9. The highest BCUT2D eigenvalue weighted by molar-refractivity contribution is 5.82. The molecular weight excluding hydrogens is 228 g/mol. The summed E-state index contributed by atoms with van der Waals surface area (Å²) in [7, 11) is 0. The van der Waals surface area contributed by atoms with Gasteiger partial charge in [-0.25, -0.2) is 0 Å². The van der Waals surface area contributed by atoms with Gasteiger partial charge in [0.25, 0.3) is 0 Å². The van der Waals surface area contributed by atoms with Crippen LogP contribution in [-0.4, -0.2) is 47.7 Å². The van der Waals surface area contributed by atoms with Crippen LogP contribution in [0.25, 0.3) is 0 Å². The SMILES string of the molecule is O=C1C(CCO)NCCCN1C1CCCCCC1. The average Bonchev–Trinajstić information content (AvgIpc) is 2.73. The first kappa shape index (κ1) is 13.8. The van der Waals surface area contributed by atoms with Gasteiger partial charge in [-0.1, -0.05) is 25.7 Å². The first-order valence-electron chi connectivity index (χ1n) is 7.47. The molecule has 1 aliphatic heterocycles. The van der Waals surface area contributed by atoms with E-state index in [0.29, 0.717) is 12.5 Å². The Morgan fingerprint density at radius 1 is 1.17 bits per heavy atom. The van der Waals surface area contributed by atoms with Gasteiger partial charge in [-0.3, -0.25) is 4.79 Å². The average molecular weight is 254 g/mol. The van der Waals surface area contributed by atoms with Crippen molar-refractivity contribution < 1.29 is 9.90 Å². The molecule has 2 fully saturated rings. The van der Waals surface area contributed by atoms with Gasteiger partial charge in [-0.15, -0.1) is 0 Å². The highest BCUT2D eigenvalue weighted by Gasteiger charge is 2.31. The molecule has 0 radical (unpaired) electrons. The Morgan fingerprint density at radius 2 is 1.89 bits per heavy atom. The maximum absolute atomic E-state index is 12.5. The van der Waals surface area contributed by atoms with Gasteiger partial charge >= 0.3 is 0 Å². The van der Waals surface area contributed by atoms with Crippen molar-refractivity contribution in [1.29, 1.82) is 0 Å². The number of amides is 1. The minimum absolute atomic E-state index is 0.0852. The summed E-state index contributed by atoms with van der Waals surface area (Å²) < 4.78 is 0. The lowest BCUT2D eigenvalue weighted by molar-refractivity contribution is -0.135. The van der Waals surface area contributed by atoms with Gasteiger partial charge in [0.15, 0.2) is 0 Å². The van der Waals surface area contributed by atoms with E-state index >= 15 is 0 Å². The van der Waals surface area contributed by atoms with Crippen LogP contribution in [-0.2, 0) is 4.79 Å². The number of nitrogens with one attached hydrogen (secondary N) is 1. The van der Waals surface area contributed by atoms with Crippen molar-refractivity contribution in [3.05, 3.63) is 0 Å². The molecule has 2 N–H and O–H groups in total. The molecular formula is C14H26N2O2. The number of hydrogen-bond acceptors (Lipinski definition) is 3. The number of carbonyl (C=O) groups excluding carboxylic acids is 1. The second-order valence-electron chi connectivity index (χ2n) is 5.55. The van der Waals surface area contributed by atoms with Gasteiger partial charge in [-0.05, 0) is 32.2 Å². The smallest absolute Gasteiger partial charge is 0.240 e. The van der Waals surface area contributed by atoms with Crippen LogP contribution in [0.5, 0.6) is 0 Å². The highest BCUT2D eigenvalue weighted by Crippen LogP contribution is 2.23. The third-order valence-corrected chi connectivity index (χ3v) is 4.23. The van der Waals surface area contributed by atoms with E-state index in [1.54, 1.807) is 0 Å². The minimum atomic E-state index is -0.166. The van der Waals surface area contributed by atoms with E-state index in [2.05, 4.69) is 10.2 Å². The molecule has 1 unspecified atom stereocenters. The Morgan fingerprint density at radius 3 is 2.56 bits per heavy atom. The predicted octanol–water partition coefficient (Wildman–Crippen LogP) is 1.28. The minimum Gasteiger partial charge on any atom is -0.396 e. The standard InChI is InChI=1S/C14H26N2O2/c17-11-8-13-14(18)16(10-5-9-15-13)12-6-3-1-2-4-7-12/h12-13,15,17H,1-11H2. The molecule has 1 atom stereocenters. The topological polar surface area (TPSA) is 52.6 Å². The van der Waals surface area contributed by atoms with Crippen molar-refractivity contribution in [3.63, 3.8) is 0 Å². The van der Waals surface area contributed by atoms with Gasteiger partial charge in [0, 0.05) is 19.2 Å². The Balaban J connectivity index is 2.01. The Kier molecular flexibility index (Phi) is 5.45. The molecule has 0 bridgehead atoms. The number of aliphatic hydroxyl groups excluding tert-OH is 1.